The molecule has 0 saturated carbocycles. The van der Waals surface area contributed by atoms with E-state index in [1.54, 1.807) is 6.26 Å². The van der Waals surface area contributed by atoms with Crippen LogP contribution in [0.1, 0.15) is 24.3 Å². The highest BCUT2D eigenvalue weighted by atomic mass is 127. The van der Waals surface area contributed by atoms with Crippen molar-refractivity contribution in [3.63, 3.8) is 0 Å². The molecule has 0 unspecified atom stereocenters. The molecule has 0 atom stereocenters. The summed E-state index contributed by atoms with van der Waals surface area (Å²) in [6, 6.07) is 10.5. The van der Waals surface area contributed by atoms with Crippen molar-refractivity contribution in [1.29, 1.82) is 0 Å². The Balaban J connectivity index is 0.00000243. The Bertz CT molecular complexity index is 639. The van der Waals surface area contributed by atoms with E-state index in [1.807, 2.05) is 31.4 Å². The lowest BCUT2D eigenvalue weighted by atomic mass is 10.0. The number of rotatable bonds is 6. The maximum atomic E-state index is 5.35. The van der Waals surface area contributed by atoms with E-state index in [0.29, 0.717) is 6.04 Å². The zero-order chi connectivity index (χ0) is 17.3. The van der Waals surface area contributed by atoms with Crippen molar-refractivity contribution in [2.24, 2.45) is 4.99 Å². The highest BCUT2D eigenvalue weighted by Crippen LogP contribution is 2.12. The lowest BCUT2D eigenvalue weighted by Crippen LogP contribution is -2.48. The van der Waals surface area contributed by atoms with Crippen molar-refractivity contribution >= 4 is 29.9 Å². The van der Waals surface area contributed by atoms with Gasteiger partial charge in [-0.1, -0.05) is 6.07 Å². The predicted molar refractivity (Wildman–Crippen MR) is 115 cm³/mol. The van der Waals surface area contributed by atoms with Crippen molar-refractivity contribution in [2.75, 3.05) is 26.7 Å². The van der Waals surface area contributed by atoms with Crippen molar-refractivity contribution in [3.05, 3.63) is 54.2 Å². The van der Waals surface area contributed by atoms with Crippen LogP contribution >= 0.6 is 24.0 Å². The number of nitrogens with one attached hydrogen (secondary N) is 2. The van der Waals surface area contributed by atoms with Gasteiger partial charge in [-0.2, -0.15) is 0 Å². The summed E-state index contributed by atoms with van der Waals surface area (Å²) in [7, 11) is 1.82. The van der Waals surface area contributed by atoms with Gasteiger partial charge in [0.1, 0.15) is 5.76 Å². The molecule has 6 nitrogen and oxygen atoms in total. The van der Waals surface area contributed by atoms with E-state index in [-0.39, 0.29) is 24.0 Å². The summed E-state index contributed by atoms with van der Waals surface area (Å²) in [4.78, 5) is 11.2. The smallest absolute Gasteiger partial charge is 0.191 e. The van der Waals surface area contributed by atoms with Crippen LogP contribution in [0, 0.1) is 0 Å². The van der Waals surface area contributed by atoms with Gasteiger partial charge in [-0.15, -0.1) is 24.0 Å². The SMILES string of the molecule is CN=C(NCCc1ccco1)NC1CCN(Cc2ccccn2)CC1.I. The minimum atomic E-state index is 0. The Labute approximate surface area is 172 Å². The lowest BCUT2D eigenvalue weighted by Gasteiger charge is -2.32. The summed E-state index contributed by atoms with van der Waals surface area (Å²) < 4.78 is 5.35. The Morgan fingerprint density at radius 3 is 2.77 bits per heavy atom. The second-order valence-corrected chi connectivity index (χ2v) is 6.34. The fourth-order valence-electron chi connectivity index (χ4n) is 3.10. The van der Waals surface area contributed by atoms with Gasteiger partial charge in [-0.3, -0.25) is 14.9 Å². The average Bonchev–Trinajstić information content (AvgIpc) is 3.17. The Morgan fingerprint density at radius 1 is 1.27 bits per heavy atom. The van der Waals surface area contributed by atoms with Crippen LogP contribution in [-0.2, 0) is 13.0 Å². The summed E-state index contributed by atoms with van der Waals surface area (Å²) in [5.74, 6) is 1.86. The number of piperidine rings is 1. The third-order valence-corrected chi connectivity index (χ3v) is 4.51. The molecule has 142 valence electrons. The van der Waals surface area contributed by atoms with Crippen molar-refractivity contribution < 1.29 is 4.42 Å². The molecule has 1 aliphatic heterocycles. The van der Waals surface area contributed by atoms with E-state index < -0.39 is 0 Å². The molecular weight excluding hydrogens is 441 g/mol. The maximum Gasteiger partial charge on any atom is 0.191 e. The number of aliphatic imine (C=N–C) groups is 1. The van der Waals surface area contributed by atoms with E-state index >= 15 is 0 Å². The number of guanidine groups is 1. The summed E-state index contributed by atoms with van der Waals surface area (Å²) in [5.41, 5.74) is 1.14. The Kier molecular flexibility index (Phi) is 8.90. The van der Waals surface area contributed by atoms with Gasteiger partial charge in [0.05, 0.1) is 12.0 Å². The molecule has 0 amide bonds. The zero-order valence-corrected chi connectivity index (χ0v) is 17.6. The van der Waals surface area contributed by atoms with E-state index in [4.69, 9.17) is 4.42 Å². The number of hydrogen-bond donors (Lipinski definition) is 2. The second kappa shape index (κ2) is 11.2. The first-order chi connectivity index (χ1) is 12.3. The summed E-state index contributed by atoms with van der Waals surface area (Å²) in [6.45, 7) is 3.91. The van der Waals surface area contributed by atoms with Gasteiger partial charge in [-0.25, -0.2) is 0 Å². The molecule has 7 heteroatoms. The molecule has 1 saturated heterocycles. The van der Waals surface area contributed by atoms with Gasteiger partial charge in [0.2, 0.25) is 0 Å². The molecule has 3 rings (SSSR count). The standard InChI is InChI=1S/C19H27N5O.HI/c1-20-19(22-11-7-18-6-4-14-25-18)23-16-8-12-24(13-9-16)15-17-5-2-3-10-21-17;/h2-6,10,14,16H,7-9,11-13,15H2,1H3,(H2,20,22,23);1H. The molecule has 26 heavy (non-hydrogen) atoms. The first-order valence-corrected chi connectivity index (χ1v) is 8.95. The van der Waals surface area contributed by atoms with Crippen LogP contribution in [0.5, 0.6) is 0 Å². The minimum absolute atomic E-state index is 0. The normalized spacial score (nSPS) is 16.1. The average molecular weight is 469 g/mol. The van der Waals surface area contributed by atoms with E-state index in [0.717, 1.165) is 62.9 Å². The molecule has 1 fully saturated rings. The second-order valence-electron chi connectivity index (χ2n) is 6.34. The maximum absolute atomic E-state index is 5.35. The van der Waals surface area contributed by atoms with E-state index in [1.165, 1.54) is 0 Å². The Hall–Kier alpha value is -1.61. The van der Waals surface area contributed by atoms with Crippen molar-refractivity contribution in [1.82, 2.24) is 20.5 Å². The number of pyridine rings is 1. The van der Waals surface area contributed by atoms with Crippen LogP contribution < -0.4 is 10.6 Å². The molecule has 0 radical (unpaired) electrons. The van der Waals surface area contributed by atoms with Gasteiger partial charge in [-0.05, 0) is 37.1 Å². The van der Waals surface area contributed by atoms with Gasteiger partial charge in [0.15, 0.2) is 5.96 Å². The van der Waals surface area contributed by atoms with Crippen LogP contribution in [0.4, 0.5) is 0 Å². The van der Waals surface area contributed by atoms with Crippen LogP contribution in [-0.4, -0.2) is 48.6 Å². The highest BCUT2D eigenvalue weighted by Gasteiger charge is 2.20. The summed E-state index contributed by atoms with van der Waals surface area (Å²) >= 11 is 0. The van der Waals surface area contributed by atoms with E-state index in [9.17, 15) is 0 Å². The number of likely N-dealkylation sites (tertiary alicyclic amines) is 1. The number of nitrogens with zero attached hydrogens (tertiary/aromatic N) is 3. The molecular formula is C19H28IN5O. The fourth-order valence-corrected chi connectivity index (χ4v) is 3.10. The molecule has 2 aromatic heterocycles. The van der Waals surface area contributed by atoms with Gasteiger partial charge in [0, 0.05) is 51.9 Å². The molecule has 0 aromatic carbocycles. The largest absolute Gasteiger partial charge is 0.469 e. The molecule has 0 bridgehead atoms. The Morgan fingerprint density at radius 2 is 2.12 bits per heavy atom. The predicted octanol–water partition coefficient (Wildman–Crippen LogP) is 2.66. The van der Waals surface area contributed by atoms with Crippen molar-refractivity contribution in [2.45, 2.75) is 31.8 Å². The first kappa shape index (κ1) is 20.7. The van der Waals surface area contributed by atoms with Gasteiger partial charge in [0.25, 0.3) is 0 Å². The summed E-state index contributed by atoms with van der Waals surface area (Å²) in [6.07, 6.45) is 6.66. The molecule has 0 aliphatic carbocycles. The topological polar surface area (TPSA) is 65.7 Å². The number of aromatic nitrogens is 1. The summed E-state index contributed by atoms with van der Waals surface area (Å²) in [5, 5.41) is 6.90. The minimum Gasteiger partial charge on any atom is -0.469 e. The van der Waals surface area contributed by atoms with Crippen LogP contribution in [0.15, 0.2) is 52.2 Å². The zero-order valence-electron chi connectivity index (χ0n) is 15.2. The number of halogens is 1. The number of furan rings is 1. The highest BCUT2D eigenvalue weighted by molar-refractivity contribution is 14.0. The van der Waals surface area contributed by atoms with Gasteiger partial charge >= 0.3 is 0 Å². The van der Waals surface area contributed by atoms with Crippen molar-refractivity contribution in [3.8, 4) is 0 Å². The van der Waals surface area contributed by atoms with E-state index in [2.05, 4.69) is 37.6 Å². The van der Waals surface area contributed by atoms with Gasteiger partial charge < -0.3 is 15.1 Å². The molecule has 3 heterocycles. The van der Waals surface area contributed by atoms with Crippen LogP contribution in [0.3, 0.4) is 0 Å². The molecule has 1 aliphatic rings. The molecule has 2 N–H and O–H groups in total. The van der Waals surface area contributed by atoms with Crippen LogP contribution in [0.25, 0.3) is 0 Å². The molecule has 2 aromatic rings. The lowest BCUT2D eigenvalue weighted by molar-refractivity contribution is 0.196. The van der Waals surface area contributed by atoms with Crippen LogP contribution in [0.2, 0.25) is 0 Å². The fraction of sp³-hybridized carbons (Fsp3) is 0.474. The third-order valence-electron chi connectivity index (χ3n) is 4.51. The molecule has 0 spiro atoms. The number of hydrogen-bond acceptors (Lipinski definition) is 4. The first-order valence-electron chi connectivity index (χ1n) is 8.95. The quantitative estimate of drug-likeness (QED) is 0.387. The third kappa shape index (κ3) is 6.60. The monoisotopic (exact) mass is 469 g/mol.